The molecule has 2 nitrogen and oxygen atoms in total. The lowest BCUT2D eigenvalue weighted by Crippen LogP contribution is -1.84. The van der Waals surface area contributed by atoms with Gasteiger partial charge in [0.15, 0.2) is 0 Å². The summed E-state index contributed by atoms with van der Waals surface area (Å²) in [4.78, 5) is 3.86. The number of aromatic nitrogens is 1. The van der Waals surface area contributed by atoms with E-state index in [4.69, 9.17) is 16.3 Å². The molecule has 0 aliphatic heterocycles. The second-order valence-corrected chi connectivity index (χ2v) is 3.04. The van der Waals surface area contributed by atoms with Crippen LogP contribution in [0.4, 0.5) is 0 Å². The van der Waals surface area contributed by atoms with E-state index in [1.165, 1.54) is 0 Å². The van der Waals surface area contributed by atoms with E-state index in [9.17, 15) is 0 Å². The number of pyridine rings is 1. The van der Waals surface area contributed by atoms with Gasteiger partial charge in [-0.3, -0.25) is 0 Å². The molecule has 14 heavy (non-hydrogen) atoms. The predicted molar refractivity (Wildman–Crippen MR) is 54.6 cm³/mol. The van der Waals surface area contributed by atoms with Crippen molar-refractivity contribution in [2.24, 2.45) is 0 Å². The van der Waals surface area contributed by atoms with Crippen molar-refractivity contribution in [3.8, 4) is 11.5 Å². The predicted octanol–water partition coefficient (Wildman–Crippen LogP) is 3.33. The topological polar surface area (TPSA) is 22.1 Å². The highest BCUT2D eigenvalue weighted by atomic mass is 35.5. The lowest BCUT2D eigenvalue weighted by Gasteiger charge is -2.04. The molecule has 0 aliphatic carbocycles. The van der Waals surface area contributed by atoms with E-state index in [0.717, 1.165) is 5.75 Å². The van der Waals surface area contributed by atoms with Crippen LogP contribution in [0.15, 0.2) is 42.6 Å². The minimum absolute atomic E-state index is 0.421. The standard InChI is InChI=1S/C11H7ClNO/c12-11-8-10(6-7-13-11)14-9-4-2-1-3-5-9/h2-8H. The summed E-state index contributed by atoms with van der Waals surface area (Å²) < 4.78 is 5.51. The van der Waals surface area contributed by atoms with Crippen LogP contribution in [0.25, 0.3) is 0 Å². The minimum Gasteiger partial charge on any atom is -0.457 e. The summed E-state index contributed by atoms with van der Waals surface area (Å²) in [5.41, 5.74) is 0. The van der Waals surface area contributed by atoms with Gasteiger partial charge in [-0.25, -0.2) is 4.98 Å². The number of benzene rings is 1. The molecule has 0 saturated carbocycles. The molecule has 2 rings (SSSR count). The summed E-state index contributed by atoms with van der Waals surface area (Å²) in [6, 6.07) is 13.6. The molecular weight excluding hydrogens is 198 g/mol. The Morgan fingerprint density at radius 1 is 1.14 bits per heavy atom. The third-order valence-electron chi connectivity index (χ3n) is 1.62. The molecule has 0 unspecified atom stereocenters. The summed E-state index contributed by atoms with van der Waals surface area (Å²) in [6.45, 7) is 0. The van der Waals surface area contributed by atoms with E-state index < -0.39 is 0 Å². The van der Waals surface area contributed by atoms with Crippen LogP contribution in [-0.2, 0) is 0 Å². The van der Waals surface area contributed by atoms with E-state index in [1.807, 2.05) is 12.1 Å². The van der Waals surface area contributed by atoms with E-state index in [1.54, 1.807) is 30.5 Å². The second-order valence-electron chi connectivity index (χ2n) is 2.65. The maximum Gasteiger partial charge on any atom is 0.132 e. The molecule has 0 saturated heterocycles. The normalized spacial score (nSPS) is 9.79. The third kappa shape index (κ3) is 2.24. The highest BCUT2D eigenvalue weighted by molar-refractivity contribution is 6.29. The van der Waals surface area contributed by atoms with Crippen molar-refractivity contribution in [1.82, 2.24) is 4.98 Å². The van der Waals surface area contributed by atoms with Gasteiger partial charge in [-0.15, -0.1) is 0 Å². The average molecular weight is 205 g/mol. The Hall–Kier alpha value is -1.54. The Balaban J connectivity index is 2.19. The molecule has 0 aliphatic rings. The van der Waals surface area contributed by atoms with Gasteiger partial charge in [0.1, 0.15) is 16.7 Å². The molecule has 0 amide bonds. The molecule has 0 fully saturated rings. The molecule has 0 atom stereocenters. The van der Waals surface area contributed by atoms with Crippen molar-refractivity contribution < 1.29 is 4.74 Å². The summed E-state index contributed by atoms with van der Waals surface area (Å²) in [5.74, 6) is 1.43. The van der Waals surface area contributed by atoms with Crippen molar-refractivity contribution in [2.75, 3.05) is 0 Å². The Morgan fingerprint density at radius 2 is 1.93 bits per heavy atom. The van der Waals surface area contributed by atoms with E-state index in [-0.39, 0.29) is 0 Å². The molecule has 1 radical (unpaired) electrons. The van der Waals surface area contributed by atoms with Gasteiger partial charge >= 0.3 is 0 Å². The van der Waals surface area contributed by atoms with Crippen molar-refractivity contribution in [2.45, 2.75) is 0 Å². The fourth-order valence-electron chi connectivity index (χ4n) is 1.02. The van der Waals surface area contributed by atoms with Crippen molar-refractivity contribution >= 4 is 11.6 Å². The zero-order valence-electron chi connectivity index (χ0n) is 7.27. The fraction of sp³-hybridized carbons (Fsp3) is 0. The first-order valence-electron chi connectivity index (χ1n) is 4.10. The van der Waals surface area contributed by atoms with Gasteiger partial charge in [-0.2, -0.15) is 0 Å². The maximum atomic E-state index is 5.71. The van der Waals surface area contributed by atoms with Crippen molar-refractivity contribution in [3.05, 3.63) is 53.8 Å². The van der Waals surface area contributed by atoms with Gasteiger partial charge in [0.25, 0.3) is 0 Å². The van der Waals surface area contributed by atoms with E-state index >= 15 is 0 Å². The second kappa shape index (κ2) is 4.11. The number of rotatable bonds is 2. The van der Waals surface area contributed by atoms with Gasteiger partial charge in [-0.05, 0) is 24.3 Å². The smallest absolute Gasteiger partial charge is 0.132 e. The number of hydrogen-bond donors (Lipinski definition) is 0. The Morgan fingerprint density at radius 3 is 2.64 bits per heavy atom. The largest absolute Gasteiger partial charge is 0.457 e. The molecule has 1 heterocycles. The number of hydrogen-bond acceptors (Lipinski definition) is 2. The summed E-state index contributed by atoms with van der Waals surface area (Å²) in [7, 11) is 0. The monoisotopic (exact) mass is 204 g/mol. The van der Waals surface area contributed by atoms with Crippen molar-refractivity contribution in [1.29, 1.82) is 0 Å². The molecule has 2 aromatic rings. The summed E-state index contributed by atoms with van der Waals surface area (Å²) in [6.07, 6.45) is 1.60. The van der Waals surface area contributed by atoms with E-state index in [0.29, 0.717) is 10.9 Å². The van der Waals surface area contributed by atoms with Gasteiger partial charge in [0.05, 0.1) is 0 Å². The Kier molecular flexibility index (Phi) is 2.65. The van der Waals surface area contributed by atoms with Crippen LogP contribution in [0, 0.1) is 6.07 Å². The first-order chi connectivity index (χ1) is 6.84. The minimum atomic E-state index is 0.421. The molecule has 1 aromatic heterocycles. The molecular formula is C11H7ClNO. The fourth-order valence-corrected chi connectivity index (χ4v) is 1.19. The first kappa shape index (κ1) is 9.03. The van der Waals surface area contributed by atoms with Crippen LogP contribution in [0.1, 0.15) is 0 Å². The zero-order valence-corrected chi connectivity index (χ0v) is 8.03. The lowest BCUT2D eigenvalue weighted by molar-refractivity contribution is 0.482. The molecule has 69 valence electrons. The van der Waals surface area contributed by atoms with Crippen LogP contribution in [-0.4, -0.2) is 4.98 Å². The zero-order chi connectivity index (χ0) is 9.80. The van der Waals surface area contributed by atoms with Gasteiger partial charge in [-0.1, -0.05) is 23.7 Å². The van der Waals surface area contributed by atoms with Crippen LogP contribution in [0.5, 0.6) is 11.5 Å². The quantitative estimate of drug-likeness (QED) is 0.700. The van der Waals surface area contributed by atoms with E-state index in [2.05, 4.69) is 11.1 Å². The lowest BCUT2D eigenvalue weighted by atomic mass is 10.3. The number of ether oxygens (including phenoxy) is 1. The van der Waals surface area contributed by atoms with Crippen LogP contribution < -0.4 is 4.74 Å². The maximum absolute atomic E-state index is 5.71. The summed E-state index contributed by atoms with van der Waals surface area (Å²) in [5, 5.41) is 0.421. The van der Waals surface area contributed by atoms with Crippen LogP contribution >= 0.6 is 11.6 Å². The van der Waals surface area contributed by atoms with Gasteiger partial charge < -0.3 is 4.74 Å². The number of nitrogens with zero attached hydrogens (tertiary/aromatic N) is 1. The van der Waals surface area contributed by atoms with Crippen LogP contribution in [0.3, 0.4) is 0 Å². The Bertz CT molecular complexity index is 417. The molecule has 1 aromatic carbocycles. The van der Waals surface area contributed by atoms with Gasteiger partial charge in [0, 0.05) is 12.3 Å². The van der Waals surface area contributed by atoms with Crippen molar-refractivity contribution in [3.63, 3.8) is 0 Å². The molecule has 0 spiro atoms. The molecule has 3 heteroatoms. The van der Waals surface area contributed by atoms with Gasteiger partial charge in [0.2, 0.25) is 0 Å². The third-order valence-corrected chi connectivity index (χ3v) is 1.83. The first-order valence-corrected chi connectivity index (χ1v) is 4.48. The highest BCUT2D eigenvalue weighted by Crippen LogP contribution is 2.21. The molecule has 0 N–H and O–H groups in total. The average Bonchev–Trinajstić information content (AvgIpc) is 2.19. The Labute approximate surface area is 87.1 Å². The van der Waals surface area contributed by atoms with Crippen LogP contribution in [0.2, 0.25) is 5.15 Å². The SMILES string of the molecule is Clc1cc(Oc2cc[c]cc2)ccn1. The molecule has 0 bridgehead atoms. The number of halogens is 1. The highest BCUT2D eigenvalue weighted by Gasteiger charge is 1.96. The summed E-state index contributed by atoms with van der Waals surface area (Å²) >= 11 is 5.71.